The molecule has 0 bridgehead atoms. The van der Waals surface area contributed by atoms with Gasteiger partial charge in [0.25, 0.3) is 0 Å². The molecule has 0 spiro atoms. The van der Waals surface area contributed by atoms with E-state index in [1.807, 2.05) is 19.1 Å². The van der Waals surface area contributed by atoms with Crippen LogP contribution in [0.15, 0.2) is 82.0 Å². The molecule has 9 heteroatoms. The molecule has 170 valence electrons. The molecule has 5 nitrogen and oxygen atoms in total. The molecule has 0 fully saturated rings. The highest BCUT2D eigenvalue weighted by atomic mass is 32.2. The van der Waals surface area contributed by atoms with Crippen molar-refractivity contribution in [3.63, 3.8) is 0 Å². The Balaban J connectivity index is 1.90. The fourth-order valence-electron chi connectivity index (χ4n) is 3.36. The zero-order chi connectivity index (χ0) is 23.8. The maximum atomic E-state index is 13.5. The van der Waals surface area contributed by atoms with Gasteiger partial charge in [-0.1, -0.05) is 60.2 Å². The van der Waals surface area contributed by atoms with Gasteiger partial charge in [0.05, 0.1) is 21.2 Å². The van der Waals surface area contributed by atoms with Gasteiger partial charge < -0.3 is 0 Å². The molecule has 0 atom stereocenters. The standard InChI is InChI=1S/C24H20FNO4S3/c1-16-7-9-17(10-8-16)15-33(29,30)24-26-22(20-5-3-4-6-21(20)32(2,27)28)23(31-24)18-11-13-19(25)14-12-18/h3-14H,15H2,1-2H3. The largest absolute Gasteiger partial charge is 0.224 e. The fourth-order valence-corrected chi connectivity index (χ4v) is 6.99. The maximum Gasteiger partial charge on any atom is 0.210 e. The Hall–Kier alpha value is -2.88. The first-order valence-corrected chi connectivity index (χ1v) is 14.3. The second kappa shape index (κ2) is 8.81. The first-order valence-electron chi connectivity index (χ1n) is 9.89. The monoisotopic (exact) mass is 501 g/mol. The molecule has 1 heterocycles. The zero-order valence-corrected chi connectivity index (χ0v) is 20.3. The van der Waals surface area contributed by atoms with Gasteiger partial charge in [0.15, 0.2) is 9.84 Å². The summed E-state index contributed by atoms with van der Waals surface area (Å²) in [7, 11) is -7.43. The van der Waals surface area contributed by atoms with Gasteiger partial charge in [-0.15, -0.1) is 11.3 Å². The van der Waals surface area contributed by atoms with Crippen LogP contribution in [-0.4, -0.2) is 28.1 Å². The van der Waals surface area contributed by atoms with Crippen LogP contribution in [0.2, 0.25) is 0 Å². The number of sulfone groups is 2. The number of nitrogens with zero attached hydrogens (tertiary/aromatic N) is 1. The van der Waals surface area contributed by atoms with E-state index in [1.54, 1.807) is 30.3 Å². The number of hydrogen-bond donors (Lipinski definition) is 0. The minimum Gasteiger partial charge on any atom is -0.224 e. The maximum absolute atomic E-state index is 13.5. The summed E-state index contributed by atoms with van der Waals surface area (Å²) in [6.45, 7) is 1.92. The molecule has 3 aromatic carbocycles. The molecule has 0 radical (unpaired) electrons. The van der Waals surface area contributed by atoms with E-state index < -0.39 is 25.5 Å². The van der Waals surface area contributed by atoms with Crippen LogP contribution >= 0.6 is 11.3 Å². The highest BCUT2D eigenvalue weighted by Gasteiger charge is 2.27. The summed E-state index contributed by atoms with van der Waals surface area (Å²) in [6, 6.07) is 19.1. The van der Waals surface area contributed by atoms with E-state index in [4.69, 9.17) is 0 Å². The van der Waals surface area contributed by atoms with Gasteiger partial charge in [-0.3, -0.25) is 0 Å². The van der Waals surface area contributed by atoms with Crippen LogP contribution in [0, 0.1) is 12.7 Å². The molecule has 0 aliphatic heterocycles. The number of hydrogen-bond acceptors (Lipinski definition) is 6. The van der Waals surface area contributed by atoms with Crippen LogP contribution in [0.1, 0.15) is 11.1 Å². The van der Waals surface area contributed by atoms with Gasteiger partial charge in [-0.25, -0.2) is 26.2 Å². The number of rotatable bonds is 6. The summed E-state index contributed by atoms with van der Waals surface area (Å²) in [5.74, 6) is -0.676. The van der Waals surface area contributed by atoms with Gasteiger partial charge in [-0.05, 0) is 36.2 Å². The second-order valence-corrected chi connectivity index (χ2v) is 12.8. The second-order valence-electron chi connectivity index (χ2n) is 7.68. The quantitative estimate of drug-likeness (QED) is 0.358. The summed E-state index contributed by atoms with van der Waals surface area (Å²) in [5, 5.41) is 0. The minimum atomic E-state index is -3.82. The SMILES string of the molecule is Cc1ccc(CS(=O)(=O)c2nc(-c3ccccc3S(C)(=O)=O)c(-c3ccc(F)cc3)s2)cc1. The Morgan fingerprint density at radius 3 is 2.15 bits per heavy atom. The van der Waals surface area contributed by atoms with Crippen LogP contribution in [-0.2, 0) is 25.4 Å². The molecule has 0 aliphatic carbocycles. The molecule has 0 amide bonds. The van der Waals surface area contributed by atoms with E-state index in [-0.39, 0.29) is 20.7 Å². The minimum absolute atomic E-state index is 0.0427. The van der Waals surface area contributed by atoms with Crippen molar-refractivity contribution in [3.05, 3.63) is 89.7 Å². The lowest BCUT2D eigenvalue weighted by atomic mass is 10.1. The lowest BCUT2D eigenvalue weighted by Gasteiger charge is -2.08. The fraction of sp³-hybridized carbons (Fsp3) is 0.125. The summed E-state index contributed by atoms with van der Waals surface area (Å²) in [5.41, 5.74) is 2.72. The van der Waals surface area contributed by atoms with E-state index in [0.29, 0.717) is 21.6 Å². The van der Waals surface area contributed by atoms with Gasteiger partial charge in [0.1, 0.15) is 5.82 Å². The Labute approximate surface area is 196 Å². The summed E-state index contributed by atoms with van der Waals surface area (Å²) in [4.78, 5) is 4.91. The van der Waals surface area contributed by atoms with Crippen molar-refractivity contribution < 1.29 is 21.2 Å². The molecule has 0 saturated heterocycles. The van der Waals surface area contributed by atoms with Gasteiger partial charge in [0.2, 0.25) is 14.2 Å². The van der Waals surface area contributed by atoms with Gasteiger partial charge in [-0.2, -0.15) is 0 Å². The normalized spacial score (nSPS) is 12.1. The molecular formula is C24H20FNO4S3. The third-order valence-electron chi connectivity index (χ3n) is 5.00. The molecule has 0 unspecified atom stereocenters. The van der Waals surface area contributed by atoms with E-state index >= 15 is 0 Å². The summed E-state index contributed by atoms with van der Waals surface area (Å²) >= 11 is 0.946. The molecular weight excluding hydrogens is 481 g/mol. The predicted molar refractivity (Wildman–Crippen MR) is 128 cm³/mol. The molecule has 1 aromatic heterocycles. The number of aromatic nitrogens is 1. The zero-order valence-electron chi connectivity index (χ0n) is 17.8. The summed E-state index contributed by atoms with van der Waals surface area (Å²) in [6.07, 6.45) is 1.09. The highest BCUT2D eigenvalue weighted by molar-refractivity contribution is 7.92. The number of thiazole rings is 1. The predicted octanol–water partition coefficient (Wildman–Crippen LogP) is 5.30. The molecule has 4 aromatic rings. The van der Waals surface area contributed by atoms with Crippen molar-refractivity contribution in [1.82, 2.24) is 4.98 Å². The average Bonchev–Trinajstić information content (AvgIpc) is 3.22. The van der Waals surface area contributed by atoms with Crippen LogP contribution in [0.25, 0.3) is 21.7 Å². The van der Waals surface area contributed by atoms with Gasteiger partial charge >= 0.3 is 0 Å². The first-order chi connectivity index (χ1) is 15.5. The van der Waals surface area contributed by atoms with E-state index in [1.165, 1.54) is 30.3 Å². The van der Waals surface area contributed by atoms with E-state index in [2.05, 4.69) is 4.98 Å². The molecule has 0 saturated carbocycles. The Bertz CT molecular complexity index is 1520. The lowest BCUT2D eigenvalue weighted by Crippen LogP contribution is -2.05. The van der Waals surface area contributed by atoms with Crippen LogP contribution in [0.3, 0.4) is 0 Å². The molecule has 33 heavy (non-hydrogen) atoms. The van der Waals surface area contributed by atoms with Gasteiger partial charge in [0, 0.05) is 11.8 Å². The van der Waals surface area contributed by atoms with Crippen molar-refractivity contribution >= 4 is 31.0 Å². The van der Waals surface area contributed by atoms with E-state index in [9.17, 15) is 21.2 Å². The molecule has 0 aliphatic rings. The molecule has 4 rings (SSSR count). The van der Waals surface area contributed by atoms with Crippen molar-refractivity contribution in [2.24, 2.45) is 0 Å². The number of benzene rings is 3. The van der Waals surface area contributed by atoms with Crippen molar-refractivity contribution in [1.29, 1.82) is 0 Å². The highest BCUT2D eigenvalue weighted by Crippen LogP contribution is 2.41. The third-order valence-corrected chi connectivity index (χ3v) is 9.40. The number of aryl methyl sites for hydroxylation is 1. The third kappa shape index (κ3) is 5.05. The topological polar surface area (TPSA) is 81.2 Å². The van der Waals surface area contributed by atoms with Crippen LogP contribution in [0.4, 0.5) is 4.39 Å². The van der Waals surface area contributed by atoms with E-state index in [0.717, 1.165) is 23.2 Å². The Kier molecular flexibility index (Phi) is 6.22. The Morgan fingerprint density at radius 2 is 1.52 bits per heavy atom. The van der Waals surface area contributed by atoms with Crippen LogP contribution < -0.4 is 0 Å². The molecule has 0 N–H and O–H groups in total. The smallest absolute Gasteiger partial charge is 0.210 e. The number of halogens is 1. The average molecular weight is 502 g/mol. The lowest BCUT2D eigenvalue weighted by molar-refractivity contribution is 0.594. The summed E-state index contributed by atoms with van der Waals surface area (Å²) < 4.78 is 64.6. The van der Waals surface area contributed by atoms with Crippen molar-refractivity contribution in [2.75, 3.05) is 6.26 Å². The Morgan fingerprint density at radius 1 is 0.879 bits per heavy atom. The first kappa shape index (κ1) is 23.3. The van der Waals surface area contributed by atoms with Crippen molar-refractivity contribution in [3.8, 4) is 21.7 Å². The van der Waals surface area contributed by atoms with Crippen molar-refractivity contribution in [2.45, 2.75) is 21.9 Å². The van der Waals surface area contributed by atoms with Crippen LogP contribution in [0.5, 0.6) is 0 Å².